The van der Waals surface area contributed by atoms with Gasteiger partial charge < -0.3 is 23.7 Å². The first-order valence-electron chi connectivity index (χ1n) is 12.6. The van der Waals surface area contributed by atoms with Crippen LogP contribution in [0.15, 0.2) is 104 Å². The topological polar surface area (TPSA) is 46.2 Å². The van der Waals surface area contributed by atoms with Crippen molar-refractivity contribution in [3.05, 3.63) is 120 Å². The van der Waals surface area contributed by atoms with Gasteiger partial charge in [-0.15, -0.1) is 6.58 Å². The number of hydrogen-bond donors (Lipinski definition) is 0. The summed E-state index contributed by atoms with van der Waals surface area (Å²) in [6, 6.07) is 30.4. The summed E-state index contributed by atoms with van der Waals surface area (Å²) in [4.78, 5) is 0. The van der Waals surface area contributed by atoms with Crippen LogP contribution in [-0.2, 0) is 43.5 Å². The lowest BCUT2D eigenvalue weighted by molar-refractivity contribution is -0.300. The molecule has 5 nitrogen and oxygen atoms in total. The second-order valence-electron chi connectivity index (χ2n) is 9.05. The van der Waals surface area contributed by atoms with Crippen LogP contribution in [0.2, 0.25) is 0 Å². The van der Waals surface area contributed by atoms with Crippen molar-refractivity contribution >= 4 is 0 Å². The van der Waals surface area contributed by atoms with Crippen molar-refractivity contribution in [3.63, 3.8) is 0 Å². The zero-order valence-corrected chi connectivity index (χ0v) is 20.9. The molecule has 0 N–H and O–H groups in total. The number of hydrogen-bond acceptors (Lipinski definition) is 5. The van der Waals surface area contributed by atoms with Gasteiger partial charge in [-0.25, -0.2) is 0 Å². The molecule has 3 aromatic carbocycles. The maximum atomic E-state index is 6.52. The fraction of sp³-hybridized carbons (Fsp3) is 0.355. The van der Waals surface area contributed by atoms with E-state index in [-0.39, 0.29) is 24.2 Å². The first kappa shape index (κ1) is 26.3. The third kappa shape index (κ3) is 7.60. The Bertz CT molecular complexity index is 1010. The quantitative estimate of drug-likeness (QED) is 0.279. The summed E-state index contributed by atoms with van der Waals surface area (Å²) in [7, 11) is 0. The highest BCUT2D eigenvalue weighted by molar-refractivity contribution is 5.15. The molecule has 3 aromatic rings. The Kier molecular flexibility index (Phi) is 10.3. The van der Waals surface area contributed by atoms with Crippen molar-refractivity contribution < 1.29 is 23.7 Å². The molecule has 0 saturated carbocycles. The molecule has 0 amide bonds. The summed E-state index contributed by atoms with van der Waals surface area (Å²) < 4.78 is 31.6. The molecule has 5 heteroatoms. The maximum absolute atomic E-state index is 6.52. The Balaban J connectivity index is 1.51. The minimum Gasteiger partial charge on any atom is -0.374 e. The van der Waals surface area contributed by atoms with Gasteiger partial charge in [-0.2, -0.15) is 0 Å². The van der Waals surface area contributed by atoms with Crippen molar-refractivity contribution in [2.75, 3.05) is 13.2 Å². The van der Waals surface area contributed by atoms with Crippen LogP contribution in [0, 0.1) is 5.92 Å². The second-order valence-corrected chi connectivity index (χ2v) is 9.05. The summed E-state index contributed by atoms with van der Waals surface area (Å²) in [5.41, 5.74) is 3.32. The van der Waals surface area contributed by atoms with Gasteiger partial charge >= 0.3 is 0 Å². The summed E-state index contributed by atoms with van der Waals surface area (Å²) >= 11 is 0. The Labute approximate surface area is 214 Å². The predicted molar refractivity (Wildman–Crippen MR) is 140 cm³/mol. The van der Waals surface area contributed by atoms with Gasteiger partial charge in [0, 0.05) is 5.92 Å². The third-order valence-electron chi connectivity index (χ3n) is 6.29. The van der Waals surface area contributed by atoms with Gasteiger partial charge in [-0.1, -0.05) is 104 Å². The average molecular weight is 489 g/mol. The predicted octanol–water partition coefficient (Wildman–Crippen LogP) is 5.94. The largest absolute Gasteiger partial charge is 0.374 e. The lowest BCUT2D eigenvalue weighted by atomic mass is 9.91. The molecule has 1 heterocycles. The van der Waals surface area contributed by atoms with Crippen molar-refractivity contribution in [3.8, 4) is 0 Å². The average Bonchev–Trinajstić information content (AvgIpc) is 2.93. The van der Waals surface area contributed by atoms with E-state index < -0.39 is 6.29 Å². The van der Waals surface area contributed by atoms with Crippen LogP contribution in [0.3, 0.4) is 0 Å². The normalized spacial score (nSPS) is 23.9. The van der Waals surface area contributed by atoms with Crippen LogP contribution in [0.1, 0.15) is 23.6 Å². The zero-order chi connectivity index (χ0) is 25.0. The lowest BCUT2D eigenvalue weighted by Crippen LogP contribution is -2.57. The maximum Gasteiger partial charge on any atom is 0.163 e. The van der Waals surface area contributed by atoms with Crippen LogP contribution in [0.25, 0.3) is 0 Å². The summed E-state index contributed by atoms with van der Waals surface area (Å²) in [6.45, 7) is 8.06. The van der Waals surface area contributed by atoms with E-state index in [4.69, 9.17) is 23.7 Å². The molecule has 1 aliphatic heterocycles. The van der Waals surface area contributed by atoms with E-state index in [2.05, 4.69) is 49.9 Å². The Hall–Kier alpha value is -2.80. The van der Waals surface area contributed by atoms with Crippen molar-refractivity contribution in [2.45, 2.75) is 51.3 Å². The van der Waals surface area contributed by atoms with Crippen LogP contribution in [0.4, 0.5) is 0 Å². The van der Waals surface area contributed by atoms with Crippen LogP contribution >= 0.6 is 0 Å². The second kappa shape index (κ2) is 14.1. The highest BCUT2D eigenvalue weighted by Crippen LogP contribution is 2.32. The Morgan fingerprint density at radius 2 is 1.19 bits per heavy atom. The van der Waals surface area contributed by atoms with Crippen molar-refractivity contribution in [1.29, 1.82) is 0 Å². The Morgan fingerprint density at radius 1 is 0.694 bits per heavy atom. The Morgan fingerprint density at radius 3 is 1.72 bits per heavy atom. The van der Waals surface area contributed by atoms with E-state index in [1.54, 1.807) is 6.08 Å². The van der Waals surface area contributed by atoms with E-state index in [0.29, 0.717) is 33.0 Å². The third-order valence-corrected chi connectivity index (χ3v) is 6.29. The number of rotatable bonds is 13. The fourth-order valence-corrected chi connectivity index (χ4v) is 4.38. The smallest absolute Gasteiger partial charge is 0.163 e. The standard InChI is InChI=1S/C31H36O5/c1-3-19-33-31-24(2)29(34-21-26-15-9-5-10-16-26)30(35-22-27-17-11-6-12-18-27)28(36-31)23-32-20-25-13-7-4-8-14-25/h3-18,24,28-31H,1,19-23H2,2H3/t24-,28+,29+,30-,31-/m0/s1. The van der Waals surface area contributed by atoms with Gasteiger partial charge in [0.05, 0.1) is 39.1 Å². The van der Waals surface area contributed by atoms with E-state index in [1.807, 2.05) is 54.6 Å². The van der Waals surface area contributed by atoms with Crippen molar-refractivity contribution in [2.24, 2.45) is 5.92 Å². The molecule has 0 bridgehead atoms. The number of benzene rings is 3. The first-order chi connectivity index (χ1) is 17.7. The lowest BCUT2D eigenvalue weighted by Gasteiger charge is -2.45. The molecule has 190 valence electrons. The molecule has 36 heavy (non-hydrogen) atoms. The highest BCUT2D eigenvalue weighted by atomic mass is 16.7. The molecule has 0 radical (unpaired) electrons. The molecule has 0 aromatic heterocycles. The zero-order valence-electron chi connectivity index (χ0n) is 20.9. The first-order valence-corrected chi connectivity index (χ1v) is 12.6. The molecule has 0 spiro atoms. The molecular weight excluding hydrogens is 452 g/mol. The minimum atomic E-state index is -0.453. The van der Waals surface area contributed by atoms with Gasteiger partial charge in [0.25, 0.3) is 0 Å². The molecule has 0 unspecified atom stereocenters. The van der Waals surface area contributed by atoms with Crippen LogP contribution < -0.4 is 0 Å². The molecule has 1 aliphatic rings. The van der Waals surface area contributed by atoms with Crippen LogP contribution in [0.5, 0.6) is 0 Å². The van der Waals surface area contributed by atoms with Crippen LogP contribution in [-0.4, -0.2) is 37.8 Å². The highest BCUT2D eigenvalue weighted by Gasteiger charge is 2.46. The SMILES string of the molecule is C=CCO[C@H]1O[C@H](COCc2ccccc2)[C@H](OCc2ccccc2)[C@H](OCc2ccccc2)[C@@H]1C. The number of ether oxygens (including phenoxy) is 5. The van der Waals surface area contributed by atoms with Gasteiger partial charge in [-0.3, -0.25) is 0 Å². The molecule has 1 saturated heterocycles. The van der Waals surface area contributed by atoms with E-state index in [9.17, 15) is 0 Å². The fourth-order valence-electron chi connectivity index (χ4n) is 4.38. The summed E-state index contributed by atoms with van der Waals surface area (Å²) in [6.07, 6.45) is 0.343. The van der Waals surface area contributed by atoms with Gasteiger partial charge in [0.2, 0.25) is 0 Å². The molecule has 0 aliphatic carbocycles. The summed E-state index contributed by atoms with van der Waals surface area (Å²) in [5.74, 6) is -0.0557. The van der Waals surface area contributed by atoms with E-state index in [0.717, 1.165) is 16.7 Å². The van der Waals surface area contributed by atoms with Crippen molar-refractivity contribution in [1.82, 2.24) is 0 Å². The molecule has 4 rings (SSSR count). The van der Waals surface area contributed by atoms with Gasteiger partial charge in [0.1, 0.15) is 12.2 Å². The molecular formula is C31H36O5. The van der Waals surface area contributed by atoms with Gasteiger partial charge in [0.15, 0.2) is 6.29 Å². The molecule has 5 atom stereocenters. The minimum absolute atomic E-state index is 0.0557. The van der Waals surface area contributed by atoms with E-state index >= 15 is 0 Å². The van der Waals surface area contributed by atoms with E-state index in [1.165, 1.54) is 0 Å². The summed E-state index contributed by atoms with van der Waals surface area (Å²) in [5, 5.41) is 0. The monoisotopic (exact) mass is 488 g/mol. The van der Waals surface area contributed by atoms with Gasteiger partial charge in [-0.05, 0) is 16.7 Å². The molecule has 1 fully saturated rings.